The molecule has 0 aliphatic carbocycles. The van der Waals surface area contributed by atoms with Crippen LogP contribution < -0.4 is 0 Å². The second-order valence-corrected chi connectivity index (χ2v) is 4.06. The van der Waals surface area contributed by atoms with Crippen molar-refractivity contribution >= 4 is 27.4 Å². The van der Waals surface area contributed by atoms with Gasteiger partial charge in [0.05, 0.1) is 12.2 Å². The van der Waals surface area contributed by atoms with Gasteiger partial charge in [0.2, 0.25) is 0 Å². The fourth-order valence-corrected chi connectivity index (χ4v) is 2.33. The van der Waals surface area contributed by atoms with Crippen LogP contribution in [-0.4, -0.2) is 16.2 Å². The maximum absolute atomic E-state index is 10.9. The van der Waals surface area contributed by atoms with Crippen LogP contribution >= 0.6 is 11.3 Å². The van der Waals surface area contributed by atoms with Crippen LogP contribution in [0.15, 0.2) is 24.3 Å². The van der Waals surface area contributed by atoms with E-state index in [-0.39, 0.29) is 6.61 Å². The molecule has 14 heavy (non-hydrogen) atoms. The van der Waals surface area contributed by atoms with E-state index in [4.69, 9.17) is 10.2 Å². The summed E-state index contributed by atoms with van der Waals surface area (Å²) in [6, 6.07) is 6.86. The number of fused-ring (bicyclic) bond motifs is 1. The Kier molecular flexibility index (Phi) is 2.23. The average molecular weight is 208 g/mol. The molecular formula is C10H8O3S. The highest BCUT2D eigenvalue weighted by atomic mass is 32.1. The summed E-state index contributed by atoms with van der Waals surface area (Å²) < 4.78 is 0.897. The van der Waals surface area contributed by atoms with Crippen molar-refractivity contribution in [2.45, 2.75) is 6.61 Å². The van der Waals surface area contributed by atoms with Gasteiger partial charge in [-0.3, -0.25) is 0 Å². The Morgan fingerprint density at radius 3 is 2.86 bits per heavy atom. The number of aliphatic hydroxyl groups is 1. The highest BCUT2D eigenvalue weighted by Gasteiger charge is 2.10. The molecule has 0 aliphatic heterocycles. The predicted molar refractivity (Wildman–Crippen MR) is 54.7 cm³/mol. The van der Waals surface area contributed by atoms with Gasteiger partial charge >= 0.3 is 5.97 Å². The van der Waals surface area contributed by atoms with Crippen LogP contribution in [0.3, 0.4) is 0 Å². The lowest BCUT2D eigenvalue weighted by atomic mass is 10.1. The van der Waals surface area contributed by atoms with Crippen LogP contribution in [0.1, 0.15) is 15.2 Å². The molecule has 1 aromatic carbocycles. The largest absolute Gasteiger partial charge is 0.478 e. The first kappa shape index (κ1) is 9.18. The summed E-state index contributed by atoms with van der Waals surface area (Å²) in [4.78, 5) is 11.6. The number of carboxylic acids is 1. The molecule has 0 fully saturated rings. The van der Waals surface area contributed by atoms with Gasteiger partial charge in [0.15, 0.2) is 0 Å². The summed E-state index contributed by atoms with van der Waals surface area (Å²) >= 11 is 1.42. The smallest absolute Gasteiger partial charge is 0.336 e. The molecule has 1 heterocycles. The minimum Gasteiger partial charge on any atom is -0.478 e. The van der Waals surface area contributed by atoms with E-state index in [0.29, 0.717) is 10.9 Å². The average Bonchev–Trinajstić information content (AvgIpc) is 2.59. The van der Waals surface area contributed by atoms with Crippen molar-refractivity contribution in [3.05, 3.63) is 34.7 Å². The minimum atomic E-state index is -0.933. The molecule has 2 N–H and O–H groups in total. The first-order valence-electron chi connectivity index (χ1n) is 4.08. The number of rotatable bonds is 2. The van der Waals surface area contributed by atoms with Gasteiger partial charge in [0, 0.05) is 15.0 Å². The Morgan fingerprint density at radius 2 is 2.21 bits per heavy atom. The fraction of sp³-hybridized carbons (Fsp3) is 0.100. The van der Waals surface area contributed by atoms with E-state index in [0.717, 1.165) is 9.58 Å². The lowest BCUT2D eigenvalue weighted by Gasteiger charge is -1.94. The molecule has 0 atom stereocenters. The summed E-state index contributed by atoms with van der Waals surface area (Å²) in [7, 11) is 0. The SMILES string of the molecule is O=C(O)c1cccc2sc(CO)cc12. The second kappa shape index (κ2) is 3.40. The zero-order valence-electron chi connectivity index (χ0n) is 7.23. The molecule has 72 valence electrons. The summed E-state index contributed by atoms with van der Waals surface area (Å²) in [6.45, 7) is -0.0432. The minimum absolute atomic E-state index is 0.0432. The number of benzene rings is 1. The standard InChI is InChI=1S/C10H8O3S/c11-5-6-4-8-7(10(12)13)2-1-3-9(8)14-6/h1-4,11H,5H2,(H,12,13). The van der Waals surface area contributed by atoms with Crippen molar-refractivity contribution in [1.29, 1.82) is 0 Å². The van der Waals surface area contributed by atoms with Crippen LogP contribution in [0, 0.1) is 0 Å². The second-order valence-electron chi connectivity index (χ2n) is 2.89. The van der Waals surface area contributed by atoms with E-state index in [1.165, 1.54) is 11.3 Å². The molecule has 2 aromatic rings. The third-order valence-corrected chi connectivity index (χ3v) is 3.08. The summed E-state index contributed by atoms with van der Waals surface area (Å²) in [5.74, 6) is -0.933. The summed E-state index contributed by atoms with van der Waals surface area (Å²) in [6.07, 6.45) is 0. The topological polar surface area (TPSA) is 57.5 Å². The lowest BCUT2D eigenvalue weighted by molar-refractivity contribution is 0.0699. The molecule has 0 saturated heterocycles. The molecule has 0 aliphatic rings. The fourth-order valence-electron chi connectivity index (χ4n) is 1.38. The number of hydrogen-bond donors (Lipinski definition) is 2. The molecule has 1 aromatic heterocycles. The molecule has 0 radical (unpaired) electrons. The number of carboxylic acid groups (broad SMARTS) is 1. The van der Waals surface area contributed by atoms with Crippen molar-refractivity contribution in [2.24, 2.45) is 0 Å². The Bertz CT molecular complexity index is 487. The van der Waals surface area contributed by atoms with E-state index < -0.39 is 5.97 Å². The van der Waals surface area contributed by atoms with Crippen LogP contribution in [-0.2, 0) is 6.61 Å². The molecular weight excluding hydrogens is 200 g/mol. The van der Waals surface area contributed by atoms with Crippen LogP contribution in [0.5, 0.6) is 0 Å². The van der Waals surface area contributed by atoms with E-state index >= 15 is 0 Å². The quantitative estimate of drug-likeness (QED) is 0.794. The Morgan fingerprint density at radius 1 is 1.43 bits per heavy atom. The zero-order valence-corrected chi connectivity index (χ0v) is 8.04. The van der Waals surface area contributed by atoms with Gasteiger partial charge in [-0.15, -0.1) is 11.3 Å². The normalized spacial score (nSPS) is 10.6. The van der Waals surface area contributed by atoms with Crippen LogP contribution in [0.25, 0.3) is 10.1 Å². The van der Waals surface area contributed by atoms with Crippen molar-refractivity contribution in [1.82, 2.24) is 0 Å². The van der Waals surface area contributed by atoms with Crippen molar-refractivity contribution in [3.63, 3.8) is 0 Å². The Labute approximate surface area is 84.2 Å². The van der Waals surface area contributed by atoms with Crippen LogP contribution in [0.4, 0.5) is 0 Å². The molecule has 0 amide bonds. The highest BCUT2D eigenvalue weighted by Crippen LogP contribution is 2.28. The summed E-state index contributed by atoms with van der Waals surface area (Å²) in [5, 5.41) is 18.5. The molecule has 2 rings (SSSR count). The number of aliphatic hydroxyl groups excluding tert-OH is 1. The number of carbonyl (C=O) groups is 1. The monoisotopic (exact) mass is 208 g/mol. The van der Waals surface area contributed by atoms with Gasteiger partial charge in [-0.05, 0) is 18.2 Å². The van der Waals surface area contributed by atoms with Gasteiger partial charge in [-0.25, -0.2) is 4.79 Å². The van der Waals surface area contributed by atoms with Crippen LogP contribution in [0.2, 0.25) is 0 Å². The van der Waals surface area contributed by atoms with Gasteiger partial charge < -0.3 is 10.2 Å². The van der Waals surface area contributed by atoms with Gasteiger partial charge in [-0.1, -0.05) is 6.07 Å². The van der Waals surface area contributed by atoms with Gasteiger partial charge in [0.25, 0.3) is 0 Å². The Hall–Kier alpha value is -1.39. The zero-order chi connectivity index (χ0) is 10.1. The van der Waals surface area contributed by atoms with Crippen molar-refractivity contribution < 1.29 is 15.0 Å². The molecule has 0 saturated carbocycles. The summed E-state index contributed by atoms with van der Waals surface area (Å²) in [5.41, 5.74) is 0.290. The maximum Gasteiger partial charge on any atom is 0.336 e. The van der Waals surface area contributed by atoms with Gasteiger partial charge in [-0.2, -0.15) is 0 Å². The Balaban J connectivity index is 2.73. The van der Waals surface area contributed by atoms with E-state index in [1.807, 2.05) is 6.07 Å². The third-order valence-electron chi connectivity index (χ3n) is 2.00. The van der Waals surface area contributed by atoms with E-state index in [2.05, 4.69) is 0 Å². The van der Waals surface area contributed by atoms with E-state index in [9.17, 15) is 4.79 Å². The molecule has 3 nitrogen and oxygen atoms in total. The maximum atomic E-state index is 10.9. The molecule has 0 spiro atoms. The first-order chi connectivity index (χ1) is 6.72. The first-order valence-corrected chi connectivity index (χ1v) is 4.89. The molecule has 4 heteroatoms. The number of aromatic carboxylic acids is 1. The lowest BCUT2D eigenvalue weighted by Crippen LogP contribution is -1.95. The van der Waals surface area contributed by atoms with Gasteiger partial charge in [0.1, 0.15) is 0 Å². The van der Waals surface area contributed by atoms with Crippen molar-refractivity contribution in [3.8, 4) is 0 Å². The third kappa shape index (κ3) is 1.38. The van der Waals surface area contributed by atoms with Crippen molar-refractivity contribution in [2.75, 3.05) is 0 Å². The highest BCUT2D eigenvalue weighted by molar-refractivity contribution is 7.19. The molecule has 0 unspecified atom stereocenters. The predicted octanol–water partition coefficient (Wildman–Crippen LogP) is 2.09. The van der Waals surface area contributed by atoms with E-state index in [1.54, 1.807) is 18.2 Å². The molecule has 0 bridgehead atoms. The number of hydrogen-bond acceptors (Lipinski definition) is 3. The number of thiophene rings is 1.